The maximum absolute atomic E-state index is 12.8. The molecule has 0 bridgehead atoms. The second kappa shape index (κ2) is 9.72. The van der Waals surface area contributed by atoms with Crippen molar-refractivity contribution in [1.29, 1.82) is 0 Å². The van der Waals surface area contributed by atoms with E-state index in [-0.39, 0.29) is 5.91 Å². The van der Waals surface area contributed by atoms with Crippen LogP contribution >= 0.6 is 34.3 Å². The Morgan fingerprint density at radius 3 is 2.72 bits per heavy atom. The van der Waals surface area contributed by atoms with Crippen LogP contribution in [0.2, 0.25) is 5.02 Å². The van der Waals surface area contributed by atoms with Gasteiger partial charge in [-0.05, 0) is 67.3 Å². The molecule has 0 saturated carbocycles. The summed E-state index contributed by atoms with van der Waals surface area (Å²) in [5, 5.41) is 4.69. The van der Waals surface area contributed by atoms with Crippen LogP contribution in [0.3, 0.4) is 0 Å². The van der Waals surface area contributed by atoms with Crippen LogP contribution in [0.5, 0.6) is 5.75 Å². The van der Waals surface area contributed by atoms with Crippen LogP contribution in [0.1, 0.15) is 28.4 Å². The van der Waals surface area contributed by atoms with Crippen LogP contribution in [0.25, 0.3) is 20.6 Å². The Morgan fingerprint density at radius 2 is 1.94 bits per heavy atom. The molecule has 1 aliphatic heterocycles. The van der Waals surface area contributed by atoms with E-state index in [4.69, 9.17) is 25.7 Å². The summed E-state index contributed by atoms with van der Waals surface area (Å²) in [6.45, 7) is 4.42. The average Bonchev–Trinajstić information content (AvgIpc) is 3.56. The number of carbonyl (C=O) groups excluding carboxylic acids is 1. The number of piperidine rings is 1. The van der Waals surface area contributed by atoms with Gasteiger partial charge in [0.05, 0.1) is 16.2 Å². The molecule has 0 unspecified atom stereocenters. The zero-order valence-corrected chi connectivity index (χ0v) is 21.9. The number of amides is 1. The summed E-state index contributed by atoms with van der Waals surface area (Å²) >= 11 is 9.01. The van der Waals surface area contributed by atoms with Gasteiger partial charge in [0.1, 0.15) is 16.1 Å². The number of carbonyl (C=O) groups is 1. The monoisotopic (exact) mass is 538 g/mol. The van der Waals surface area contributed by atoms with E-state index in [2.05, 4.69) is 15.2 Å². The van der Waals surface area contributed by atoms with E-state index < -0.39 is 0 Å². The van der Waals surface area contributed by atoms with Gasteiger partial charge in [-0.2, -0.15) is 0 Å². The fourth-order valence-corrected chi connectivity index (χ4v) is 6.60. The maximum atomic E-state index is 12.8. The molecule has 6 rings (SSSR count). The molecule has 36 heavy (non-hydrogen) atoms. The molecule has 10 heteroatoms. The van der Waals surface area contributed by atoms with Crippen molar-refractivity contribution in [2.75, 3.05) is 29.9 Å². The molecule has 2 aromatic carbocycles. The Bertz CT molecular complexity index is 1500. The summed E-state index contributed by atoms with van der Waals surface area (Å²) in [5.74, 6) is 1.83. The predicted octanol–water partition coefficient (Wildman–Crippen LogP) is 7.01. The zero-order chi connectivity index (χ0) is 24.6. The average molecular weight is 539 g/mol. The first kappa shape index (κ1) is 23.3. The first-order valence-electron chi connectivity index (χ1n) is 11.7. The van der Waals surface area contributed by atoms with Crippen LogP contribution < -0.4 is 15.0 Å². The minimum Gasteiger partial charge on any atom is -0.493 e. The highest BCUT2D eigenvalue weighted by Crippen LogP contribution is 2.36. The number of nitrogens with zero attached hydrogens (tertiary/aromatic N) is 3. The van der Waals surface area contributed by atoms with Crippen molar-refractivity contribution in [3.05, 3.63) is 64.3 Å². The van der Waals surface area contributed by atoms with Gasteiger partial charge >= 0.3 is 0 Å². The molecule has 0 aliphatic carbocycles. The second-order valence-corrected chi connectivity index (χ2v) is 11.3. The number of rotatable bonds is 6. The number of thiazole rings is 1. The van der Waals surface area contributed by atoms with Crippen LogP contribution in [0.4, 0.5) is 10.8 Å². The van der Waals surface area contributed by atoms with Gasteiger partial charge in [0.25, 0.3) is 5.91 Å². The minimum absolute atomic E-state index is 0.146. The van der Waals surface area contributed by atoms with Gasteiger partial charge in [0.2, 0.25) is 0 Å². The van der Waals surface area contributed by atoms with Gasteiger partial charge in [-0.3, -0.25) is 4.79 Å². The molecule has 1 fully saturated rings. The number of thiophene rings is 1. The third-order valence-electron chi connectivity index (χ3n) is 6.24. The molecular weight excluding hydrogens is 516 g/mol. The van der Waals surface area contributed by atoms with Crippen LogP contribution in [-0.4, -0.2) is 35.6 Å². The number of nitrogens with one attached hydrogen (secondary N) is 1. The first-order valence-corrected chi connectivity index (χ1v) is 13.7. The van der Waals surface area contributed by atoms with Gasteiger partial charge in [-0.25, -0.2) is 9.97 Å². The van der Waals surface area contributed by atoms with Crippen molar-refractivity contribution in [3.63, 3.8) is 0 Å². The topological polar surface area (TPSA) is 80.5 Å². The van der Waals surface area contributed by atoms with E-state index in [0.29, 0.717) is 39.6 Å². The number of hydrogen-bond donors (Lipinski definition) is 1. The Kier molecular flexibility index (Phi) is 6.29. The Hall–Kier alpha value is -3.14. The molecule has 1 amide bonds. The Morgan fingerprint density at radius 1 is 1.14 bits per heavy atom. The number of hydrogen-bond acceptors (Lipinski definition) is 8. The molecule has 1 saturated heterocycles. The van der Waals surface area contributed by atoms with E-state index in [9.17, 15) is 4.79 Å². The van der Waals surface area contributed by atoms with Crippen molar-refractivity contribution in [3.8, 4) is 5.75 Å². The molecular formula is C26H23ClN4O3S2. The molecule has 0 atom stereocenters. The number of oxazole rings is 1. The van der Waals surface area contributed by atoms with Crippen molar-refractivity contribution in [2.24, 2.45) is 5.92 Å². The molecule has 3 aromatic heterocycles. The number of anilines is 2. The smallest absolute Gasteiger partial charge is 0.265 e. The molecule has 0 spiro atoms. The second-order valence-electron chi connectivity index (χ2n) is 8.84. The van der Waals surface area contributed by atoms with E-state index in [0.717, 1.165) is 51.9 Å². The van der Waals surface area contributed by atoms with E-state index >= 15 is 0 Å². The lowest BCUT2D eigenvalue weighted by atomic mass is 9.98. The molecule has 1 aliphatic rings. The zero-order valence-electron chi connectivity index (χ0n) is 19.5. The van der Waals surface area contributed by atoms with Crippen molar-refractivity contribution in [2.45, 2.75) is 19.8 Å². The normalized spacial score (nSPS) is 14.6. The molecule has 1 N–H and O–H groups in total. The van der Waals surface area contributed by atoms with E-state index in [1.54, 1.807) is 18.3 Å². The molecule has 7 nitrogen and oxygen atoms in total. The molecule has 184 valence electrons. The fourth-order valence-electron chi connectivity index (χ4n) is 4.32. The van der Waals surface area contributed by atoms with Crippen LogP contribution in [0, 0.1) is 12.8 Å². The lowest BCUT2D eigenvalue weighted by Crippen LogP contribution is -2.35. The Labute approximate surface area is 220 Å². The number of aryl methyl sites for hydroxylation is 1. The fraction of sp³-hybridized carbons (Fsp3) is 0.269. The minimum atomic E-state index is -0.146. The summed E-state index contributed by atoms with van der Waals surface area (Å²) in [6, 6.07) is 14.9. The lowest BCUT2D eigenvalue weighted by Gasteiger charge is -2.31. The summed E-state index contributed by atoms with van der Waals surface area (Å²) in [6.07, 6.45) is 2.12. The third-order valence-corrected chi connectivity index (χ3v) is 8.71. The summed E-state index contributed by atoms with van der Waals surface area (Å²) in [7, 11) is 0. The van der Waals surface area contributed by atoms with E-state index in [1.165, 1.54) is 11.3 Å². The lowest BCUT2D eigenvalue weighted by molar-refractivity contribution is 0.103. The molecule has 5 aromatic rings. The quantitative estimate of drug-likeness (QED) is 0.250. The largest absolute Gasteiger partial charge is 0.493 e. The highest BCUT2D eigenvalue weighted by Gasteiger charge is 2.23. The van der Waals surface area contributed by atoms with E-state index in [1.807, 2.05) is 48.5 Å². The van der Waals surface area contributed by atoms with Gasteiger partial charge in [-0.15, -0.1) is 11.3 Å². The Balaban J connectivity index is 1.05. The van der Waals surface area contributed by atoms with Crippen molar-refractivity contribution < 1.29 is 13.9 Å². The summed E-state index contributed by atoms with van der Waals surface area (Å²) in [4.78, 5) is 25.9. The highest BCUT2D eigenvalue weighted by atomic mass is 35.5. The summed E-state index contributed by atoms with van der Waals surface area (Å²) in [5.41, 5.74) is 2.12. The third kappa shape index (κ3) is 4.91. The molecule has 0 radical (unpaired) electrons. The number of ether oxygens (including phenoxy) is 1. The highest BCUT2D eigenvalue weighted by molar-refractivity contribution is 7.29. The number of benzene rings is 2. The van der Waals surface area contributed by atoms with Crippen LogP contribution in [-0.2, 0) is 0 Å². The number of aromatic nitrogens is 2. The first-order chi connectivity index (χ1) is 17.5. The van der Waals surface area contributed by atoms with Gasteiger partial charge in [0.15, 0.2) is 16.6 Å². The summed E-state index contributed by atoms with van der Waals surface area (Å²) < 4.78 is 12.5. The predicted molar refractivity (Wildman–Crippen MR) is 146 cm³/mol. The molecule has 4 heterocycles. The number of halogens is 1. The standard InChI is InChI=1S/C26H23ClN4O3S2/c1-15-28-20-12-18(4-7-21(20)34-15)29-24(32)22-13-23-25(35-22)30-26(36-23)31-10-8-16(9-11-31)14-33-19-5-2-17(27)3-6-19/h2-7,12-13,16H,8-11,14H2,1H3,(H,29,32). The van der Waals surface area contributed by atoms with Crippen molar-refractivity contribution in [1.82, 2.24) is 9.97 Å². The van der Waals surface area contributed by atoms with Crippen molar-refractivity contribution >= 4 is 71.6 Å². The SMILES string of the molecule is Cc1nc2cc(NC(=O)c3cc4sc(N5CCC(COc6ccc(Cl)cc6)CC5)nc4s3)ccc2o1. The van der Waals surface area contributed by atoms with Gasteiger partial charge < -0.3 is 19.4 Å². The number of fused-ring (bicyclic) bond motifs is 2. The van der Waals surface area contributed by atoms with Gasteiger partial charge in [-0.1, -0.05) is 22.9 Å². The maximum Gasteiger partial charge on any atom is 0.265 e. The van der Waals surface area contributed by atoms with Crippen LogP contribution in [0.15, 0.2) is 52.9 Å². The van der Waals surface area contributed by atoms with Gasteiger partial charge in [0, 0.05) is 30.7 Å².